The Bertz CT molecular complexity index is 1090. The number of aliphatic hydroxyl groups excluding tert-OH is 9. The summed E-state index contributed by atoms with van der Waals surface area (Å²) in [6.07, 6.45) is -15.5. The van der Waals surface area contributed by atoms with E-state index >= 15 is 0 Å². The second kappa shape index (κ2) is 18.4. The van der Waals surface area contributed by atoms with Gasteiger partial charge in [-0.25, -0.2) is 9.59 Å². The third-order valence-electron chi connectivity index (χ3n) is 8.06. The summed E-state index contributed by atoms with van der Waals surface area (Å²) in [5.41, 5.74) is -1.59. The Balaban J connectivity index is 0.000000725. The van der Waals surface area contributed by atoms with Gasteiger partial charge < -0.3 is 82.2 Å². The van der Waals surface area contributed by atoms with Gasteiger partial charge in [0.25, 0.3) is 0 Å². The van der Waals surface area contributed by atoms with Crippen LogP contribution in [0.3, 0.4) is 0 Å². The number of carboxylic acids is 1. The van der Waals surface area contributed by atoms with E-state index in [4.69, 9.17) is 30.9 Å². The summed E-state index contributed by atoms with van der Waals surface area (Å²) in [7, 11) is 0. The second-order valence-electron chi connectivity index (χ2n) is 13.4. The molecule has 0 aromatic carbocycles. The van der Waals surface area contributed by atoms with E-state index in [1.54, 1.807) is 20.8 Å². The zero-order chi connectivity index (χ0) is 37.6. The van der Waals surface area contributed by atoms with E-state index in [2.05, 4.69) is 5.32 Å². The average Bonchev–Trinajstić information content (AvgIpc) is 2.95. The van der Waals surface area contributed by atoms with Crippen molar-refractivity contribution >= 4 is 36.0 Å². The molecule has 3 aliphatic carbocycles. The number of aliphatic carboxylic acids is 1. The molecule has 0 radical (unpaired) electrons. The third-order valence-corrected chi connectivity index (χ3v) is 8.06. The van der Waals surface area contributed by atoms with Crippen LogP contribution < -0.4 is 11.1 Å². The van der Waals surface area contributed by atoms with Crippen molar-refractivity contribution in [2.24, 2.45) is 5.73 Å². The van der Waals surface area contributed by atoms with Gasteiger partial charge in [0.1, 0.15) is 35.1 Å². The van der Waals surface area contributed by atoms with E-state index < -0.39 is 133 Å². The number of Topliss-reactive ketones (excluding diaryl/α,β-unsaturated/α-hetero) is 2. The summed E-state index contributed by atoms with van der Waals surface area (Å²) >= 11 is 0. The highest BCUT2D eigenvalue weighted by Gasteiger charge is 2.50. The van der Waals surface area contributed by atoms with Gasteiger partial charge in [0, 0.05) is 38.5 Å². The maximum absolute atomic E-state index is 12.0. The van der Waals surface area contributed by atoms with E-state index in [0.29, 0.717) is 0 Å². The minimum absolute atomic E-state index is 0. The Morgan fingerprint density at radius 2 is 0.918 bits per heavy atom. The Kier molecular flexibility index (Phi) is 17.6. The number of hydrogen-bond donors (Lipinski definition) is 15. The maximum Gasteiger partial charge on any atom is 0.408 e. The minimum Gasteiger partial charge on any atom is -0.479 e. The largest absolute Gasteiger partial charge is 0.479 e. The fourth-order valence-electron chi connectivity index (χ4n) is 5.27. The SMILES string of the molecule is CC(C)(C)OC(=O)NCC(=O)C1(O)C[C@@H](O)C(O)[C@H](O)C1.Cl.NCC(=O)C1(O)C[C@@H](O)C(O)[C@H](O)C1.O=C(O)C1(O)C[C@@H](O)C(O)[C@H](O)C1. The first-order chi connectivity index (χ1) is 21.7. The molecule has 0 unspecified atom stereocenters. The van der Waals surface area contributed by atoms with Gasteiger partial charge in [0.15, 0.2) is 17.2 Å². The molecular weight excluding hydrogens is 688 g/mol. The monoisotopic (exact) mass is 738 g/mol. The lowest BCUT2D eigenvalue weighted by atomic mass is 9.77. The molecule has 0 heterocycles. The van der Waals surface area contributed by atoms with Crippen LogP contribution in [0.1, 0.15) is 59.3 Å². The molecule has 0 aromatic heterocycles. The lowest BCUT2D eigenvalue weighted by molar-refractivity contribution is -0.187. The van der Waals surface area contributed by atoms with Gasteiger partial charge in [-0.1, -0.05) is 0 Å². The van der Waals surface area contributed by atoms with Gasteiger partial charge in [0.2, 0.25) is 0 Å². The predicted octanol–water partition coefficient (Wildman–Crippen LogP) is -6.09. The van der Waals surface area contributed by atoms with Crippen molar-refractivity contribution in [3.63, 3.8) is 0 Å². The fourth-order valence-corrected chi connectivity index (χ4v) is 5.27. The molecule has 3 fully saturated rings. The molecule has 1 amide bonds. The van der Waals surface area contributed by atoms with Crippen LogP contribution in [0.5, 0.6) is 0 Å². The first kappa shape index (κ1) is 46.9. The smallest absolute Gasteiger partial charge is 0.408 e. The van der Waals surface area contributed by atoms with Gasteiger partial charge in [-0.2, -0.15) is 0 Å². The summed E-state index contributed by atoms with van der Waals surface area (Å²) < 4.78 is 4.95. The molecule has 3 saturated carbocycles. The number of amides is 1. The summed E-state index contributed by atoms with van der Waals surface area (Å²) in [4.78, 5) is 45.1. The number of ketones is 2. The van der Waals surface area contributed by atoms with Crippen molar-refractivity contribution in [1.82, 2.24) is 5.32 Å². The predicted molar refractivity (Wildman–Crippen MR) is 165 cm³/mol. The Morgan fingerprint density at radius 3 is 1.18 bits per heavy atom. The highest BCUT2D eigenvalue weighted by molar-refractivity contribution is 5.91. The van der Waals surface area contributed by atoms with Crippen LogP contribution in [-0.4, -0.2) is 180 Å². The molecule has 3 aliphatic rings. The van der Waals surface area contributed by atoms with E-state index in [1.807, 2.05) is 0 Å². The molecular formula is C28H51ClN2O18. The van der Waals surface area contributed by atoms with E-state index in [0.717, 1.165) is 0 Å². The molecule has 49 heavy (non-hydrogen) atoms. The maximum atomic E-state index is 12.0. The highest BCUT2D eigenvalue weighted by atomic mass is 35.5. The third kappa shape index (κ3) is 13.2. The number of carbonyl (C=O) groups excluding carboxylic acids is 3. The lowest BCUT2D eigenvalue weighted by Gasteiger charge is -2.39. The van der Waals surface area contributed by atoms with E-state index in [1.165, 1.54) is 0 Å². The van der Waals surface area contributed by atoms with Crippen molar-refractivity contribution in [2.45, 2.75) is 137 Å². The molecule has 16 N–H and O–H groups in total. The van der Waals surface area contributed by atoms with Gasteiger partial charge in [-0.15, -0.1) is 12.4 Å². The molecule has 0 aromatic rings. The Labute approximate surface area is 287 Å². The topological polar surface area (TPSA) is 379 Å². The number of halogens is 1. The molecule has 288 valence electrons. The number of hydrogen-bond acceptors (Lipinski definition) is 18. The molecule has 21 heteroatoms. The molecule has 0 bridgehead atoms. The van der Waals surface area contributed by atoms with Crippen LogP contribution in [0.25, 0.3) is 0 Å². The zero-order valence-corrected chi connectivity index (χ0v) is 28.0. The van der Waals surface area contributed by atoms with Crippen molar-refractivity contribution in [2.75, 3.05) is 13.1 Å². The number of ether oxygens (including phenoxy) is 1. The molecule has 20 nitrogen and oxygen atoms in total. The van der Waals surface area contributed by atoms with Gasteiger partial charge >= 0.3 is 12.1 Å². The van der Waals surface area contributed by atoms with Crippen LogP contribution in [0, 0.1) is 0 Å². The number of nitrogens with two attached hydrogens (primary N) is 1. The zero-order valence-electron chi connectivity index (χ0n) is 27.2. The highest BCUT2D eigenvalue weighted by Crippen LogP contribution is 2.31. The number of carbonyl (C=O) groups is 4. The summed E-state index contributed by atoms with van der Waals surface area (Å²) in [6, 6.07) is 0. The summed E-state index contributed by atoms with van der Waals surface area (Å²) in [5.74, 6) is -2.90. The lowest BCUT2D eigenvalue weighted by Crippen LogP contribution is -2.57. The van der Waals surface area contributed by atoms with Crippen molar-refractivity contribution in [3.05, 3.63) is 0 Å². The van der Waals surface area contributed by atoms with E-state index in [-0.39, 0.29) is 31.8 Å². The summed E-state index contributed by atoms with van der Waals surface area (Å²) in [5, 5.41) is 123. The first-order valence-corrected chi connectivity index (χ1v) is 15.0. The fraction of sp³-hybridized carbons (Fsp3) is 0.857. The number of rotatable bonds is 6. The van der Waals surface area contributed by atoms with Crippen molar-refractivity contribution in [3.8, 4) is 0 Å². The normalized spacial score (nSPS) is 39.0. The number of aliphatic hydroxyl groups is 12. The average molecular weight is 739 g/mol. The Morgan fingerprint density at radius 1 is 0.633 bits per heavy atom. The van der Waals surface area contributed by atoms with Crippen LogP contribution in [-0.2, 0) is 19.1 Å². The molecule has 0 aliphatic heterocycles. The quantitative estimate of drug-likeness (QED) is 0.120. The number of nitrogens with one attached hydrogen (secondary N) is 1. The molecule has 6 atom stereocenters. The van der Waals surface area contributed by atoms with Crippen molar-refractivity contribution < 1.29 is 90.3 Å². The number of carboxylic acid groups (broad SMARTS) is 1. The number of alkyl carbamates (subject to hydrolysis) is 1. The van der Waals surface area contributed by atoms with Gasteiger partial charge in [-0.05, 0) is 20.8 Å². The Hall–Kier alpha value is -2.15. The van der Waals surface area contributed by atoms with E-state index in [9.17, 15) is 65.1 Å². The molecule has 0 spiro atoms. The first-order valence-electron chi connectivity index (χ1n) is 15.0. The molecule has 3 rings (SSSR count). The van der Waals surface area contributed by atoms with Gasteiger partial charge in [0.05, 0.1) is 49.7 Å². The van der Waals surface area contributed by atoms with Crippen LogP contribution >= 0.6 is 12.4 Å². The summed E-state index contributed by atoms with van der Waals surface area (Å²) in [6.45, 7) is 4.14. The van der Waals surface area contributed by atoms with Gasteiger partial charge in [-0.3, -0.25) is 9.59 Å². The van der Waals surface area contributed by atoms with Crippen LogP contribution in [0.2, 0.25) is 0 Å². The standard InChI is InChI=1S/C13H23NO7.C8H15NO5.C7H12O6.ClH/c1-12(2,3)21-11(19)14-6-9(17)13(20)4-7(15)10(18)8(16)5-13;9-3-6(12)8(14)1-4(10)7(13)5(11)2-8;8-3-1-7(13,6(11)12)2-4(9)5(3)10;/h7-8,10,15-16,18,20H,4-6H2,1-3H3,(H,14,19);4-5,7,10-11,13-14H,1-3,9H2;3-5,8-10,13H,1-2H2,(H,11,12);1H/t7-,8-,10?,13?;4-,5-,7?,8?;3-,4-,5?,7?;/m111./s1. The minimum atomic E-state index is -2.14. The van der Waals surface area contributed by atoms with Crippen LogP contribution in [0.15, 0.2) is 0 Å². The van der Waals surface area contributed by atoms with Crippen molar-refractivity contribution in [1.29, 1.82) is 0 Å². The van der Waals surface area contributed by atoms with Crippen LogP contribution in [0.4, 0.5) is 4.79 Å². The second-order valence-corrected chi connectivity index (χ2v) is 13.4. The molecule has 0 saturated heterocycles.